The number of carbonyl (C=O) groups is 5. The standard InChI is InChI=1S/C42H57NO13/c1-11-29(45)54-33-30-22(4)26(53-37(49)31(46)25(17-21(2)3)43-38(50)56-39(5,6)7)18-24(40(30,8)9)32(55-36(48)23-15-13-12-14-16-23)34-41(10,35(33)47)27(44)19-28-42(34,51)20-52-28/h12-17,24-28,31-34,44,46,51H,11,18-20H2,1-10H3,(H,43,50)/t24?,25?,26?,27?,28?,31?,32?,33?,34?,41-,42?/m1/s1. The number of fused-ring (bicyclic) bond motifs is 5. The molecule has 4 aliphatic rings. The Balaban J connectivity index is 1.66. The van der Waals surface area contributed by atoms with E-state index in [1.807, 2.05) is 13.8 Å². The van der Waals surface area contributed by atoms with Crippen LogP contribution in [0.5, 0.6) is 0 Å². The zero-order valence-electron chi connectivity index (χ0n) is 33.9. The van der Waals surface area contributed by atoms with E-state index >= 15 is 4.79 Å². The molecule has 3 fully saturated rings. The minimum Gasteiger partial charge on any atom is -0.458 e. The summed E-state index contributed by atoms with van der Waals surface area (Å²) < 4.78 is 29.5. The summed E-state index contributed by atoms with van der Waals surface area (Å²) >= 11 is 0. The molecule has 5 rings (SSSR count). The summed E-state index contributed by atoms with van der Waals surface area (Å²) in [7, 11) is 0. The molecule has 56 heavy (non-hydrogen) atoms. The van der Waals surface area contributed by atoms with E-state index in [1.165, 1.54) is 13.0 Å². The van der Waals surface area contributed by atoms with Gasteiger partial charge in [-0.3, -0.25) is 9.59 Å². The highest BCUT2D eigenvalue weighted by Crippen LogP contribution is 2.62. The first-order chi connectivity index (χ1) is 26.0. The average molecular weight is 784 g/mol. The van der Waals surface area contributed by atoms with Crippen LogP contribution < -0.4 is 5.32 Å². The van der Waals surface area contributed by atoms with Crippen LogP contribution in [0.1, 0.15) is 98.9 Å². The predicted octanol–water partition coefficient (Wildman–Crippen LogP) is 4.13. The van der Waals surface area contributed by atoms with E-state index in [2.05, 4.69) is 5.32 Å². The number of aliphatic hydroxyl groups excluding tert-OH is 2. The van der Waals surface area contributed by atoms with Crippen molar-refractivity contribution in [3.8, 4) is 0 Å². The molecule has 0 spiro atoms. The number of hydrogen-bond donors (Lipinski definition) is 4. The van der Waals surface area contributed by atoms with Crippen molar-refractivity contribution in [3.05, 3.63) is 58.7 Å². The van der Waals surface area contributed by atoms with Gasteiger partial charge in [0.25, 0.3) is 0 Å². The highest BCUT2D eigenvalue weighted by atomic mass is 16.6. The van der Waals surface area contributed by atoms with Gasteiger partial charge in [0, 0.05) is 24.7 Å². The third-order valence-electron chi connectivity index (χ3n) is 12.0. The molecule has 3 aliphatic carbocycles. The maximum Gasteiger partial charge on any atom is 0.408 e. The highest BCUT2D eigenvalue weighted by Gasteiger charge is 2.73. The van der Waals surface area contributed by atoms with Crippen molar-refractivity contribution in [1.29, 1.82) is 0 Å². The summed E-state index contributed by atoms with van der Waals surface area (Å²) in [6, 6.07) is 6.94. The van der Waals surface area contributed by atoms with Gasteiger partial charge in [-0.15, -0.1) is 0 Å². The monoisotopic (exact) mass is 783 g/mol. The van der Waals surface area contributed by atoms with Crippen LogP contribution in [0.4, 0.5) is 4.79 Å². The fourth-order valence-corrected chi connectivity index (χ4v) is 9.12. The minimum atomic E-state index is -1.91. The van der Waals surface area contributed by atoms with Gasteiger partial charge in [-0.1, -0.05) is 50.6 Å². The van der Waals surface area contributed by atoms with Gasteiger partial charge in [0.05, 0.1) is 35.8 Å². The molecule has 4 N–H and O–H groups in total. The predicted molar refractivity (Wildman–Crippen MR) is 201 cm³/mol. The van der Waals surface area contributed by atoms with Gasteiger partial charge in [-0.05, 0) is 83.6 Å². The minimum absolute atomic E-state index is 0.0345. The second-order valence-corrected chi connectivity index (χ2v) is 17.6. The number of rotatable bonds is 9. The number of allylic oxidation sites excluding steroid dienone is 1. The Morgan fingerprint density at radius 3 is 2.23 bits per heavy atom. The maximum absolute atomic E-state index is 15.2. The molecule has 2 saturated carbocycles. The van der Waals surface area contributed by atoms with Gasteiger partial charge in [0.1, 0.15) is 23.4 Å². The molecule has 1 saturated heterocycles. The molecule has 1 heterocycles. The lowest BCUT2D eigenvalue weighted by molar-refractivity contribution is -0.332. The molecule has 2 bridgehead atoms. The van der Waals surface area contributed by atoms with Crippen molar-refractivity contribution in [2.75, 3.05) is 6.61 Å². The smallest absolute Gasteiger partial charge is 0.408 e. The Kier molecular flexibility index (Phi) is 12.0. The molecule has 0 radical (unpaired) electrons. The summed E-state index contributed by atoms with van der Waals surface area (Å²) in [6.07, 6.45) is -7.86. The number of Topliss-reactive ketones (excluding diaryl/α,β-unsaturated/α-hetero) is 1. The zero-order valence-corrected chi connectivity index (χ0v) is 33.9. The largest absolute Gasteiger partial charge is 0.458 e. The van der Waals surface area contributed by atoms with Crippen molar-refractivity contribution < 1.29 is 63.0 Å². The van der Waals surface area contributed by atoms with E-state index < -0.39 is 106 Å². The molecule has 1 amide bonds. The molecule has 308 valence electrons. The molecule has 0 aromatic heterocycles. The number of amides is 1. The van der Waals surface area contributed by atoms with E-state index in [4.69, 9.17) is 23.7 Å². The fourth-order valence-electron chi connectivity index (χ4n) is 9.12. The van der Waals surface area contributed by atoms with Gasteiger partial charge >= 0.3 is 24.0 Å². The topological polar surface area (TPSA) is 204 Å². The van der Waals surface area contributed by atoms with Crippen molar-refractivity contribution in [2.45, 2.75) is 142 Å². The van der Waals surface area contributed by atoms with Crippen LogP contribution in [0, 0.1) is 22.7 Å². The van der Waals surface area contributed by atoms with E-state index in [9.17, 15) is 34.5 Å². The van der Waals surface area contributed by atoms with Crippen molar-refractivity contribution in [1.82, 2.24) is 5.32 Å². The Hall–Kier alpha value is -4.11. The Morgan fingerprint density at radius 1 is 1.04 bits per heavy atom. The first-order valence-corrected chi connectivity index (χ1v) is 19.2. The molecule has 11 atom stereocenters. The molecule has 14 heteroatoms. The number of hydrogen-bond acceptors (Lipinski definition) is 13. The quantitative estimate of drug-likeness (QED) is 0.158. The molecule has 10 unspecified atom stereocenters. The molecular formula is C42H57NO13. The van der Waals surface area contributed by atoms with Gasteiger partial charge < -0.3 is 44.3 Å². The lowest BCUT2D eigenvalue weighted by Gasteiger charge is -2.65. The SMILES string of the molecule is CCC(=O)OC1C(=O)[C@]2(C)C(O)CC3OCC3(O)C2C(OC(=O)c2ccccc2)C2CC(OC(=O)C(O)C(C=C(C)C)NC(=O)OC(C)(C)C)C(C)=C1C2(C)C. The van der Waals surface area contributed by atoms with Crippen molar-refractivity contribution in [3.63, 3.8) is 0 Å². The number of nitrogens with one attached hydrogen (secondary N) is 1. The third-order valence-corrected chi connectivity index (χ3v) is 12.0. The lowest BCUT2D eigenvalue weighted by atomic mass is 9.46. The first-order valence-electron chi connectivity index (χ1n) is 19.2. The molecule has 14 nitrogen and oxygen atoms in total. The van der Waals surface area contributed by atoms with Gasteiger partial charge in [-0.25, -0.2) is 14.4 Å². The summed E-state index contributed by atoms with van der Waals surface area (Å²) in [5.74, 6) is -5.39. The number of ketones is 1. The van der Waals surface area contributed by atoms with Gasteiger partial charge in [0.2, 0.25) is 0 Å². The number of ether oxygens (including phenoxy) is 5. The number of esters is 3. The Labute approximate surface area is 327 Å². The van der Waals surface area contributed by atoms with Crippen LogP contribution in [0.25, 0.3) is 0 Å². The van der Waals surface area contributed by atoms with Crippen LogP contribution in [-0.4, -0.2) is 106 Å². The van der Waals surface area contributed by atoms with Crippen molar-refractivity contribution >= 4 is 29.8 Å². The van der Waals surface area contributed by atoms with Crippen LogP contribution in [0.15, 0.2) is 53.1 Å². The molecule has 1 aromatic carbocycles. The normalized spacial score (nSPS) is 33.1. The van der Waals surface area contributed by atoms with Crippen LogP contribution in [-0.2, 0) is 38.1 Å². The lowest BCUT2D eigenvalue weighted by Crippen LogP contribution is -2.78. The van der Waals surface area contributed by atoms with Crippen LogP contribution in [0.2, 0.25) is 0 Å². The number of benzene rings is 1. The number of aliphatic hydroxyl groups is 3. The third kappa shape index (κ3) is 7.90. The molecular weight excluding hydrogens is 726 g/mol. The van der Waals surface area contributed by atoms with E-state index in [0.29, 0.717) is 11.1 Å². The maximum atomic E-state index is 15.2. The second-order valence-electron chi connectivity index (χ2n) is 17.6. The highest BCUT2D eigenvalue weighted by molar-refractivity contribution is 5.95. The van der Waals surface area contributed by atoms with Crippen molar-refractivity contribution in [2.24, 2.45) is 22.7 Å². The van der Waals surface area contributed by atoms with E-state index in [-0.39, 0.29) is 37.0 Å². The first kappa shape index (κ1) is 43.0. The summed E-state index contributed by atoms with van der Waals surface area (Å²) in [6.45, 7) is 16.6. The fraction of sp³-hybridized carbons (Fsp3) is 0.643. The van der Waals surface area contributed by atoms with Crippen LogP contribution >= 0.6 is 0 Å². The average Bonchev–Trinajstić information content (AvgIpc) is 3.10. The molecule has 1 aromatic rings. The van der Waals surface area contributed by atoms with E-state index in [0.717, 1.165) is 0 Å². The number of alkyl carbamates (subject to hydrolysis) is 1. The summed E-state index contributed by atoms with van der Waals surface area (Å²) in [5.41, 5.74) is -4.03. The summed E-state index contributed by atoms with van der Waals surface area (Å²) in [4.78, 5) is 69.0. The van der Waals surface area contributed by atoms with Crippen LogP contribution in [0.3, 0.4) is 0 Å². The Morgan fingerprint density at radius 2 is 1.68 bits per heavy atom. The van der Waals surface area contributed by atoms with Gasteiger partial charge in [0.15, 0.2) is 18.0 Å². The summed E-state index contributed by atoms with van der Waals surface area (Å²) in [5, 5.41) is 38.2. The number of carbonyl (C=O) groups excluding carboxylic acids is 5. The second kappa shape index (κ2) is 15.7. The van der Waals surface area contributed by atoms with E-state index in [1.54, 1.807) is 78.8 Å². The van der Waals surface area contributed by atoms with Gasteiger partial charge in [-0.2, -0.15) is 0 Å². The zero-order chi connectivity index (χ0) is 41.7. The molecule has 1 aliphatic heterocycles. The Bertz CT molecular complexity index is 1780.